The number of hydrogen-bond donors (Lipinski definition) is 0. The molecule has 3 rings (SSSR count). The highest BCUT2D eigenvalue weighted by atomic mass is 16.2. The number of ketones is 1. The van der Waals surface area contributed by atoms with Gasteiger partial charge in [0.1, 0.15) is 17.8 Å². The van der Waals surface area contributed by atoms with E-state index in [1.807, 2.05) is 0 Å². The maximum absolute atomic E-state index is 12.2. The van der Waals surface area contributed by atoms with Gasteiger partial charge in [0.25, 0.3) is 5.56 Å². The first-order valence-electron chi connectivity index (χ1n) is 6.77. The zero-order valence-electron chi connectivity index (χ0n) is 11.4. The van der Waals surface area contributed by atoms with E-state index in [0.29, 0.717) is 36.8 Å². The Balaban J connectivity index is 1.82. The minimum atomic E-state index is -0.331. The van der Waals surface area contributed by atoms with Crippen LogP contribution in [0.1, 0.15) is 12.8 Å². The first-order chi connectivity index (χ1) is 10.1. The number of nitrogens with zero attached hydrogens (tertiary/aromatic N) is 4. The van der Waals surface area contributed by atoms with E-state index in [2.05, 4.69) is 10.3 Å². The molecule has 1 amide bonds. The number of benzene rings is 1. The third kappa shape index (κ3) is 2.67. The normalized spacial score (nSPS) is 15.4. The summed E-state index contributed by atoms with van der Waals surface area (Å²) < 4.78 is 1.07. The molecular weight excluding hydrogens is 272 g/mol. The van der Waals surface area contributed by atoms with E-state index in [-0.39, 0.29) is 23.8 Å². The van der Waals surface area contributed by atoms with Crippen LogP contribution in [-0.2, 0) is 16.1 Å². The number of rotatable bonds is 2. The van der Waals surface area contributed by atoms with Crippen LogP contribution in [0.2, 0.25) is 0 Å². The summed E-state index contributed by atoms with van der Waals surface area (Å²) in [5.74, 6) is -0.0455. The van der Waals surface area contributed by atoms with Crippen LogP contribution >= 0.6 is 0 Å². The monoisotopic (exact) mass is 286 g/mol. The molecule has 21 heavy (non-hydrogen) atoms. The van der Waals surface area contributed by atoms with E-state index in [9.17, 15) is 14.4 Å². The second-order valence-electron chi connectivity index (χ2n) is 4.99. The van der Waals surface area contributed by atoms with Crippen molar-refractivity contribution in [1.29, 1.82) is 0 Å². The fraction of sp³-hybridized carbons (Fsp3) is 0.357. The summed E-state index contributed by atoms with van der Waals surface area (Å²) in [7, 11) is 0. The van der Waals surface area contributed by atoms with E-state index in [4.69, 9.17) is 0 Å². The topological polar surface area (TPSA) is 85.2 Å². The van der Waals surface area contributed by atoms with Crippen molar-refractivity contribution in [3.63, 3.8) is 0 Å². The minimum absolute atomic E-state index is 0.148. The Morgan fingerprint density at radius 1 is 1.14 bits per heavy atom. The lowest BCUT2D eigenvalue weighted by atomic mass is 10.1. The Bertz CT molecular complexity index is 758. The van der Waals surface area contributed by atoms with Crippen LogP contribution in [0.3, 0.4) is 0 Å². The molecule has 1 aliphatic heterocycles. The van der Waals surface area contributed by atoms with Crippen molar-refractivity contribution >= 4 is 22.6 Å². The second kappa shape index (κ2) is 5.43. The van der Waals surface area contributed by atoms with Gasteiger partial charge in [-0.2, -0.15) is 0 Å². The number of carbonyl (C=O) groups excluding carboxylic acids is 2. The van der Waals surface area contributed by atoms with Crippen LogP contribution < -0.4 is 5.56 Å². The van der Waals surface area contributed by atoms with Crippen molar-refractivity contribution in [2.45, 2.75) is 19.4 Å². The summed E-state index contributed by atoms with van der Waals surface area (Å²) >= 11 is 0. The molecular formula is C14H14N4O3. The Morgan fingerprint density at radius 2 is 1.86 bits per heavy atom. The summed E-state index contributed by atoms with van der Waals surface area (Å²) in [6.07, 6.45) is 0.758. The SMILES string of the molecule is O=C1CCN(C(=O)Cn2nnc3ccccc3c2=O)CC1. The van der Waals surface area contributed by atoms with Gasteiger partial charge in [-0.1, -0.05) is 17.3 Å². The van der Waals surface area contributed by atoms with Crippen LogP contribution in [0.25, 0.3) is 10.9 Å². The molecule has 0 aliphatic carbocycles. The van der Waals surface area contributed by atoms with Gasteiger partial charge in [0.05, 0.1) is 5.39 Å². The highest BCUT2D eigenvalue weighted by Gasteiger charge is 2.21. The van der Waals surface area contributed by atoms with Crippen LogP contribution in [0, 0.1) is 0 Å². The Hall–Kier alpha value is -2.57. The molecule has 0 saturated carbocycles. The van der Waals surface area contributed by atoms with Crippen molar-refractivity contribution in [2.75, 3.05) is 13.1 Å². The lowest BCUT2D eigenvalue weighted by Gasteiger charge is -2.25. The predicted octanol–water partition coefficient (Wildman–Crippen LogP) is -0.0170. The van der Waals surface area contributed by atoms with Gasteiger partial charge in [-0.3, -0.25) is 14.4 Å². The van der Waals surface area contributed by atoms with Crippen molar-refractivity contribution in [3.05, 3.63) is 34.6 Å². The highest BCUT2D eigenvalue weighted by Crippen LogP contribution is 2.07. The molecule has 1 fully saturated rings. The maximum atomic E-state index is 12.2. The molecule has 7 nitrogen and oxygen atoms in total. The molecule has 0 bridgehead atoms. The van der Waals surface area contributed by atoms with Crippen LogP contribution in [0.15, 0.2) is 29.1 Å². The average Bonchev–Trinajstić information content (AvgIpc) is 2.51. The van der Waals surface area contributed by atoms with E-state index in [0.717, 1.165) is 4.68 Å². The minimum Gasteiger partial charge on any atom is -0.340 e. The fourth-order valence-corrected chi connectivity index (χ4v) is 2.36. The van der Waals surface area contributed by atoms with Gasteiger partial charge in [-0.25, -0.2) is 4.68 Å². The quantitative estimate of drug-likeness (QED) is 0.774. The number of hydrogen-bond acceptors (Lipinski definition) is 5. The number of Topliss-reactive ketones (excluding diaryl/α,β-unsaturated/α-hetero) is 1. The summed E-state index contributed by atoms with van der Waals surface area (Å²) in [4.78, 5) is 37.1. The van der Waals surface area contributed by atoms with Gasteiger partial charge in [-0.15, -0.1) is 5.10 Å². The molecule has 7 heteroatoms. The van der Waals surface area contributed by atoms with Crippen molar-refractivity contribution < 1.29 is 9.59 Å². The summed E-state index contributed by atoms with van der Waals surface area (Å²) in [5.41, 5.74) is 0.178. The molecule has 108 valence electrons. The largest absolute Gasteiger partial charge is 0.340 e. The molecule has 0 radical (unpaired) electrons. The van der Waals surface area contributed by atoms with Crippen molar-refractivity contribution in [1.82, 2.24) is 19.9 Å². The van der Waals surface area contributed by atoms with Crippen LogP contribution in [0.4, 0.5) is 0 Å². The third-order valence-corrected chi connectivity index (χ3v) is 3.59. The lowest BCUT2D eigenvalue weighted by Crippen LogP contribution is -2.42. The summed E-state index contributed by atoms with van der Waals surface area (Å²) in [5, 5.41) is 8.18. The van der Waals surface area contributed by atoms with Crippen molar-refractivity contribution in [2.24, 2.45) is 0 Å². The molecule has 1 aromatic carbocycles. The van der Waals surface area contributed by atoms with E-state index in [1.165, 1.54) is 0 Å². The second-order valence-corrected chi connectivity index (χ2v) is 4.99. The number of piperidine rings is 1. The summed E-state index contributed by atoms with van der Waals surface area (Å²) in [6, 6.07) is 6.88. The molecule has 0 unspecified atom stereocenters. The van der Waals surface area contributed by atoms with Gasteiger partial charge >= 0.3 is 0 Å². The van der Waals surface area contributed by atoms with E-state index in [1.54, 1.807) is 29.2 Å². The first-order valence-corrected chi connectivity index (χ1v) is 6.77. The molecule has 0 N–H and O–H groups in total. The maximum Gasteiger partial charge on any atom is 0.278 e. The number of amides is 1. The average molecular weight is 286 g/mol. The fourth-order valence-electron chi connectivity index (χ4n) is 2.36. The first kappa shape index (κ1) is 13.4. The van der Waals surface area contributed by atoms with Gasteiger partial charge in [-0.05, 0) is 12.1 Å². The number of fused-ring (bicyclic) bond motifs is 1. The Labute approximate surface area is 120 Å². The zero-order chi connectivity index (χ0) is 14.8. The molecule has 1 aliphatic rings. The van der Waals surface area contributed by atoms with Crippen LogP contribution in [-0.4, -0.2) is 44.7 Å². The number of likely N-dealkylation sites (tertiary alicyclic amines) is 1. The molecule has 2 heterocycles. The highest BCUT2D eigenvalue weighted by molar-refractivity contribution is 5.83. The van der Waals surface area contributed by atoms with Gasteiger partial charge in [0.15, 0.2) is 0 Å². The third-order valence-electron chi connectivity index (χ3n) is 3.59. The smallest absolute Gasteiger partial charge is 0.278 e. The molecule has 1 aromatic heterocycles. The molecule has 1 saturated heterocycles. The van der Waals surface area contributed by atoms with Gasteiger partial charge < -0.3 is 4.90 Å². The van der Waals surface area contributed by atoms with Gasteiger partial charge in [0.2, 0.25) is 5.91 Å². The predicted molar refractivity (Wildman–Crippen MR) is 74.6 cm³/mol. The van der Waals surface area contributed by atoms with E-state index >= 15 is 0 Å². The molecule has 2 aromatic rings. The number of carbonyl (C=O) groups is 2. The standard InChI is InChI=1S/C14H14N4O3/c19-10-5-7-17(8-6-10)13(20)9-18-14(21)11-3-1-2-4-12(11)15-16-18/h1-4H,5-9H2. The molecule has 0 atom stereocenters. The number of aromatic nitrogens is 3. The van der Waals surface area contributed by atoms with Crippen LogP contribution in [0.5, 0.6) is 0 Å². The van der Waals surface area contributed by atoms with E-state index < -0.39 is 0 Å². The Morgan fingerprint density at radius 3 is 2.62 bits per heavy atom. The lowest BCUT2D eigenvalue weighted by molar-refractivity contribution is -0.135. The summed E-state index contributed by atoms with van der Waals surface area (Å²) in [6.45, 7) is 0.672. The van der Waals surface area contributed by atoms with Gasteiger partial charge in [0, 0.05) is 25.9 Å². The Kier molecular flexibility index (Phi) is 3.47. The molecule has 0 spiro atoms. The zero-order valence-corrected chi connectivity index (χ0v) is 11.4. The van der Waals surface area contributed by atoms with Crippen molar-refractivity contribution in [3.8, 4) is 0 Å².